The second-order valence-electron chi connectivity index (χ2n) is 4.71. The Morgan fingerprint density at radius 2 is 2.23 bits per heavy atom. The van der Waals surface area contributed by atoms with Crippen molar-refractivity contribution in [1.82, 2.24) is 4.98 Å². The predicted molar refractivity (Wildman–Crippen MR) is 78.5 cm³/mol. The average Bonchev–Trinajstić information content (AvgIpc) is 2.50. The molecular weight excluding hydrogens is 290 g/mol. The highest BCUT2D eigenvalue weighted by Gasteiger charge is 2.35. The predicted octanol–water partition coefficient (Wildman–Crippen LogP) is 0.357. The number of hydrogen-bond acceptors (Lipinski definition) is 7. The molecule has 120 valence electrons. The summed E-state index contributed by atoms with van der Waals surface area (Å²) in [6.45, 7) is 2.00. The van der Waals surface area contributed by atoms with E-state index in [4.69, 9.17) is 19.9 Å². The molecule has 1 amide bonds. The molecule has 0 saturated carbocycles. The van der Waals surface area contributed by atoms with Crippen LogP contribution in [0.4, 0.5) is 11.6 Å². The number of amides is 1. The van der Waals surface area contributed by atoms with Crippen LogP contribution in [0.15, 0.2) is 12.1 Å². The normalized spacial score (nSPS) is 16.9. The molecule has 8 heteroatoms. The molecule has 0 spiro atoms. The van der Waals surface area contributed by atoms with Crippen molar-refractivity contribution in [1.29, 1.82) is 0 Å². The Bertz CT molecular complexity index is 563. The van der Waals surface area contributed by atoms with Gasteiger partial charge in [0.25, 0.3) is 5.91 Å². The van der Waals surface area contributed by atoms with Gasteiger partial charge >= 0.3 is 5.97 Å². The van der Waals surface area contributed by atoms with Crippen LogP contribution in [-0.4, -0.2) is 49.8 Å². The van der Waals surface area contributed by atoms with Crippen molar-refractivity contribution in [2.24, 2.45) is 0 Å². The molecule has 1 aromatic heterocycles. The fourth-order valence-corrected chi connectivity index (χ4v) is 2.04. The number of nitrogens with two attached hydrogens (primary N) is 1. The fourth-order valence-electron chi connectivity index (χ4n) is 2.04. The Kier molecular flexibility index (Phi) is 5.16. The quantitative estimate of drug-likeness (QED) is 0.597. The lowest BCUT2D eigenvalue weighted by molar-refractivity contribution is -0.144. The van der Waals surface area contributed by atoms with Crippen LogP contribution in [0.25, 0.3) is 0 Å². The number of esters is 1. The summed E-state index contributed by atoms with van der Waals surface area (Å²) in [6, 6.07) is 3.21. The number of nitrogen functional groups attached to an aromatic ring is 1. The number of carbonyl (C=O) groups is 2. The minimum atomic E-state index is -0.648. The van der Waals surface area contributed by atoms with Crippen molar-refractivity contribution < 1.29 is 23.8 Å². The molecule has 8 nitrogen and oxygen atoms in total. The van der Waals surface area contributed by atoms with E-state index in [-0.39, 0.29) is 30.7 Å². The molecule has 2 N–H and O–H groups in total. The lowest BCUT2D eigenvalue weighted by Crippen LogP contribution is -2.48. The van der Waals surface area contributed by atoms with Gasteiger partial charge in [0.05, 0.1) is 6.61 Å². The number of nitrogens with zero attached hydrogens (tertiary/aromatic N) is 2. The zero-order valence-corrected chi connectivity index (χ0v) is 12.6. The van der Waals surface area contributed by atoms with E-state index in [0.29, 0.717) is 18.8 Å². The van der Waals surface area contributed by atoms with Gasteiger partial charge in [0.2, 0.25) is 0 Å². The van der Waals surface area contributed by atoms with E-state index in [1.165, 1.54) is 12.0 Å². The third kappa shape index (κ3) is 3.45. The number of aromatic nitrogens is 1. The summed E-state index contributed by atoms with van der Waals surface area (Å²) in [5.41, 5.74) is 5.65. The second-order valence-corrected chi connectivity index (χ2v) is 4.71. The Labute approximate surface area is 128 Å². The number of anilines is 2. The van der Waals surface area contributed by atoms with E-state index < -0.39 is 12.1 Å². The van der Waals surface area contributed by atoms with E-state index in [1.807, 2.05) is 6.92 Å². The summed E-state index contributed by atoms with van der Waals surface area (Å²) in [7, 11) is 1.51. The first-order chi connectivity index (χ1) is 10.6. The molecule has 1 unspecified atom stereocenters. The van der Waals surface area contributed by atoms with Crippen molar-refractivity contribution in [3.63, 3.8) is 0 Å². The number of rotatable bonds is 6. The monoisotopic (exact) mass is 309 g/mol. The minimum Gasteiger partial charge on any atom is -0.477 e. The molecule has 2 heterocycles. The smallest absolute Gasteiger partial charge is 0.326 e. The topological polar surface area (TPSA) is 104 Å². The Hall–Kier alpha value is -2.35. The lowest BCUT2D eigenvalue weighted by atomic mass is 10.2. The number of ether oxygens (including phenoxy) is 3. The van der Waals surface area contributed by atoms with Gasteiger partial charge in [0.15, 0.2) is 17.7 Å². The fraction of sp³-hybridized carbons (Fsp3) is 0.500. The zero-order chi connectivity index (χ0) is 16.1. The van der Waals surface area contributed by atoms with Gasteiger partial charge in [-0.05, 0) is 18.6 Å². The van der Waals surface area contributed by atoms with Crippen LogP contribution >= 0.6 is 0 Å². The van der Waals surface area contributed by atoms with Crippen LogP contribution < -0.4 is 15.4 Å². The molecule has 1 atom stereocenters. The van der Waals surface area contributed by atoms with Crippen LogP contribution in [0.2, 0.25) is 0 Å². The number of pyridine rings is 1. The highest BCUT2D eigenvalue weighted by Crippen LogP contribution is 2.33. The number of methoxy groups -OCH3 is 1. The van der Waals surface area contributed by atoms with Crippen LogP contribution in [0.3, 0.4) is 0 Å². The van der Waals surface area contributed by atoms with E-state index in [1.54, 1.807) is 12.1 Å². The molecular formula is C14H19N3O5. The first-order valence-corrected chi connectivity index (χ1v) is 6.96. The molecule has 0 aliphatic carbocycles. The first kappa shape index (κ1) is 16.0. The van der Waals surface area contributed by atoms with Crippen LogP contribution in [-0.2, 0) is 19.1 Å². The maximum atomic E-state index is 12.4. The van der Waals surface area contributed by atoms with Crippen molar-refractivity contribution in [3.05, 3.63) is 12.1 Å². The minimum absolute atomic E-state index is 0.127. The van der Waals surface area contributed by atoms with Crippen molar-refractivity contribution >= 4 is 23.5 Å². The third-order valence-electron chi connectivity index (χ3n) is 3.14. The lowest BCUT2D eigenvalue weighted by Gasteiger charge is -2.32. The largest absolute Gasteiger partial charge is 0.477 e. The summed E-state index contributed by atoms with van der Waals surface area (Å²) < 4.78 is 15.4. The molecule has 0 radical (unpaired) electrons. The zero-order valence-electron chi connectivity index (χ0n) is 12.6. The maximum absolute atomic E-state index is 12.4. The summed E-state index contributed by atoms with van der Waals surface area (Å²) in [5, 5.41) is 0. The van der Waals surface area contributed by atoms with Crippen molar-refractivity contribution in [2.75, 3.05) is 37.5 Å². The molecule has 1 aliphatic heterocycles. The van der Waals surface area contributed by atoms with Crippen molar-refractivity contribution in [3.8, 4) is 5.75 Å². The van der Waals surface area contributed by atoms with E-state index in [9.17, 15) is 9.59 Å². The molecule has 0 aromatic carbocycles. The molecule has 2 rings (SSSR count). The number of carbonyl (C=O) groups excluding carboxylic acids is 2. The van der Waals surface area contributed by atoms with Crippen molar-refractivity contribution in [2.45, 2.75) is 19.4 Å². The third-order valence-corrected chi connectivity index (χ3v) is 3.14. The Balaban J connectivity index is 2.18. The van der Waals surface area contributed by atoms with Gasteiger partial charge in [-0.1, -0.05) is 6.92 Å². The summed E-state index contributed by atoms with van der Waals surface area (Å²) >= 11 is 0. The molecule has 22 heavy (non-hydrogen) atoms. The number of hydrogen-bond donors (Lipinski definition) is 1. The first-order valence-electron chi connectivity index (χ1n) is 6.96. The molecule has 0 saturated heterocycles. The Morgan fingerprint density at radius 1 is 1.45 bits per heavy atom. The van der Waals surface area contributed by atoms with Gasteiger partial charge in [-0.3, -0.25) is 14.5 Å². The molecule has 1 aromatic rings. The van der Waals surface area contributed by atoms with E-state index >= 15 is 0 Å². The maximum Gasteiger partial charge on any atom is 0.326 e. The molecule has 0 fully saturated rings. The number of fused-ring (bicyclic) bond motifs is 1. The SMILES string of the molecule is CCC1Oc2ccc(N)nc2N(CC(=O)OCCOC)C1=O. The highest BCUT2D eigenvalue weighted by atomic mass is 16.6. The van der Waals surface area contributed by atoms with Gasteiger partial charge < -0.3 is 19.9 Å². The average molecular weight is 309 g/mol. The van der Waals surface area contributed by atoms with Crippen LogP contribution in [0.1, 0.15) is 13.3 Å². The summed E-state index contributed by atoms with van der Waals surface area (Å²) in [6.07, 6.45) is -0.164. The Morgan fingerprint density at radius 3 is 2.91 bits per heavy atom. The van der Waals surface area contributed by atoms with Crippen LogP contribution in [0, 0.1) is 0 Å². The van der Waals surface area contributed by atoms with E-state index in [0.717, 1.165) is 0 Å². The second kappa shape index (κ2) is 7.08. The van der Waals surface area contributed by atoms with Crippen LogP contribution in [0.5, 0.6) is 5.75 Å². The molecule has 1 aliphatic rings. The summed E-state index contributed by atoms with van der Waals surface area (Å²) in [4.78, 5) is 29.6. The van der Waals surface area contributed by atoms with Gasteiger partial charge in [0.1, 0.15) is 19.0 Å². The van der Waals surface area contributed by atoms with Gasteiger partial charge in [0, 0.05) is 7.11 Å². The van der Waals surface area contributed by atoms with E-state index in [2.05, 4.69) is 4.98 Å². The standard InChI is InChI=1S/C14H19N3O5/c1-3-9-14(19)17(8-12(18)21-7-6-20-2)13-10(22-9)4-5-11(15)16-13/h4-5,9H,3,6-8H2,1-2H3,(H2,15,16). The summed E-state index contributed by atoms with van der Waals surface area (Å²) in [5.74, 6) is 0.0145. The molecule has 0 bridgehead atoms. The highest BCUT2D eigenvalue weighted by molar-refractivity contribution is 6.02. The van der Waals surface area contributed by atoms with Gasteiger partial charge in [-0.2, -0.15) is 0 Å². The van der Waals surface area contributed by atoms with Gasteiger partial charge in [-0.15, -0.1) is 0 Å². The van der Waals surface area contributed by atoms with Gasteiger partial charge in [-0.25, -0.2) is 4.98 Å².